The predicted molar refractivity (Wildman–Crippen MR) is 100.0 cm³/mol. The second kappa shape index (κ2) is 6.44. The van der Waals surface area contributed by atoms with Gasteiger partial charge in [-0.1, -0.05) is 6.07 Å². The number of phenols is 1. The quantitative estimate of drug-likeness (QED) is 0.579. The van der Waals surface area contributed by atoms with E-state index >= 15 is 0 Å². The van der Waals surface area contributed by atoms with Crippen LogP contribution in [-0.4, -0.2) is 38.8 Å². The molecule has 0 aliphatic carbocycles. The Morgan fingerprint density at radius 3 is 2.92 bits per heavy atom. The minimum absolute atomic E-state index is 0.172. The van der Waals surface area contributed by atoms with Crippen molar-refractivity contribution in [1.29, 1.82) is 0 Å². The van der Waals surface area contributed by atoms with Gasteiger partial charge in [-0.3, -0.25) is 0 Å². The van der Waals surface area contributed by atoms with E-state index in [2.05, 4.69) is 15.0 Å². The van der Waals surface area contributed by atoms with E-state index in [0.29, 0.717) is 18.0 Å². The van der Waals surface area contributed by atoms with Crippen LogP contribution in [0.4, 0.5) is 5.69 Å². The molecule has 0 saturated heterocycles. The molecule has 0 aliphatic rings. The van der Waals surface area contributed by atoms with Gasteiger partial charge in [0.05, 0.1) is 31.0 Å². The fourth-order valence-electron chi connectivity index (χ4n) is 3.06. The van der Waals surface area contributed by atoms with Crippen LogP contribution < -0.4 is 9.64 Å². The minimum Gasteiger partial charge on any atom is -0.506 e. The molecule has 2 aromatic carbocycles. The lowest BCUT2D eigenvalue weighted by atomic mass is 10.2. The first kappa shape index (κ1) is 16.0. The highest BCUT2D eigenvalue weighted by Crippen LogP contribution is 2.36. The van der Waals surface area contributed by atoms with Crippen molar-refractivity contribution in [3.63, 3.8) is 0 Å². The number of fused-ring (bicyclic) bond motifs is 1. The third-order valence-electron chi connectivity index (χ3n) is 4.28. The Bertz CT molecular complexity index is 1040. The number of aromatic nitrogens is 4. The van der Waals surface area contributed by atoms with E-state index < -0.39 is 0 Å². The Balaban J connectivity index is 1.63. The number of phenolic OH excluding ortho intramolecular Hbond substituents is 1. The Hall–Kier alpha value is -3.48. The maximum absolute atomic E-state index is 10.2. The average molecular weight is 349 g/mol. The summed E-state index contributed by atoms with van der Waals surface area (Å²) in [7, 11) is 3.48. The lowest BCUT2D eigenvalue weighted by Crippen LogP contribution is -2.18. The van der Waals surface area contributed by atoms with Crippen molar-refractivity contribution in [2.75, 3.05) is 19.1 Å². The van der Waals surface area contributed by atoms with Gasteiger partial charge in [0.15, 0.2) is 0 Å². The third-order valence-corrected chi connectivity index (χ3v) is 4.28. The average Bonchev–Trinajstić information content (AvgIpc) is 3.29. The van der Waals surface area contributed by atoms with E-state index in [4.69, 9.17) is 4.74 Å². The number of imidazole rings is 2. The number of hydrogen-bond donors (Lipinski definition) is 2. The monoisotopic (exact) mass is 349 g/mol. The zero-order valence-corrected chi connectivity index (χ0v) is 14.5. The van der Waals surface area contributed by atoms with Crippen molar-refractivity contribution < 1.29 is 9.84 Å². The number of H-pyrrole nitrogens is 1. The fourth-order valence-corrected chi connectivity index (χ4v) is 3.06. The Labute approximate surface area is 150 Å². The first-order valence-electron chi connectivity index (χ1n) is 8.20. The first-order chi connectivity index (χ1) is 12.7. The van der Waals surface area contributed by atoms with Crippen molar-refractivity contribution in [1.82, 2.24) is 19.5 Å². The van der Waals surface area contributed by atoms with E-state index in [1.807, 2.05) is 47.0 Å². The molecule has 0 radical (unpaired) electrons. The van der Waals surface area contributed by atoms with Crippen LogP contribution in [0.3, 0.4) is 0 Å². The van der Waals surface area contributed by atoms with E-state index in [1.165, 1.54) is 0 Å². The van der Waals surface area contributed by atoms with Gasteiger partial charge in [0.2, 0.25) is 0 Å². The molecule has 4 aromatic rings. The van der Waals surface area contributed by atoms with Gasteiger partial charge in [-0.25, -0.2) is 9.97 Å². The molecule has 132 valence electrons. The van der Waals surface area contributed by atoms with Crippen molar-refractivity contribution in [3.05, 3.63) is 60.9 Å². The summed E-state index contributed by atoms with van der Waals surface area (Å²) >= 11 is 0. The van der Waals surface area contributed by atoms with E-state index in [-0.39, 0.29) is 5.75 Å². The summed E-state index contributed by atoms with van der Waals surface area (Å²) in [6.07, 6.45) is 5.40. The number of benzene rings is 2. The molecule has 0 fully saturated rings. The number of aromatic hydroxyl groups is 1. The highest BCUT2D eigenvalue weighted by atomic mass is 16.5. The van der Waals surface area contributed by atoms with E-state index in [1.54, 1.807) is 31.8 Å². The number of anilines is 1. The van der Waals surface area contributed by atoms with Gasteiger partial charge in [-0.15, -0.1) is 0 Å². The lowest BCUT2D eigenvalue weighted by molar-refractivity contribution is 0.407. The van der Waals surface area contributed by atoms with Crippen LogP contribution in [0.2, 0.25) is 0 Å². The molecule has 7 nitrogen and oxygen atoms in total. The summed E-state index contributed by atoms with van der Waals surface area (Å²) in [5, 5.41) is 10.2. The largest absolute Gasteiger partial charge is 0.506 e. The van der Waals surface area contributed by atoms with Gasteiger partial charge in [0, 0.05) is 25.1 Å². The number of ether oxygens (including phenoxy) is 1. The van der Waals surface area contributed by atoms with Gasteiger partial charge in [0.1, 0.15) is 23.0 Å². The van der Waals surface area contributed by atoms with Gasteiger partial charge in [0.25, 0.3) is 0 Å². The molecule has 0 aliphatic heterocycles. The van der Waals surface area contributed by atoms with Gasteiger partial charge >= 0.3 is 0 Å². The van der Waals surface area contributed by atoms with Crippen LogP contribution in [0, 0.1) is 0 Å². The molecule has 7 heteroatoms. The number of nitrogens with one attached hydrogen (secondary N) is 1. The van der Waals surface area contributed by atoms with Gasteiger partial charge < -0.3 is 24.3 Å². The molecule has 0 spiro atoms. The molecule has 2 aromatic heterocycles. The van der Waals surface area contributed by atoms with Crippen molar-refractivity contribution in [2.45, 2.75) is 6.54 Å². The Kier molecular flexibility index (Phi) is 3.96. The predicted octanol–water partition coefficient (Wildman–Crippen LogP) is 3.10. The standard InChI is InChI=1S/C19H19N5O2/c1-23(19-16(25)4-3-5-17(19)26-2)11-18-21-14-7-6-13(10-15(14)22-18)24-9-8-20-12-24/h3-10,12,25H,11H2,1-2H3,(H,21,22). The van der Waals surface area contributed by atoms with Crippen molar-refractivity contribution >= 4 is 16.7 Å². The molecule has 26 heavy (non-hydrogen) atoms. The highest BCUT2D eigenvalue weighted by Gasteiger charge is 2.15. The summed E-state index contributed by atoms with van der Waals surface area (Å²) in [4.78, 5) is 14.0. The molecule has 2 heterocycles. The summed E-state index contributed by atoms with van der Waals surface area (Å²) in [6.45, 7) is 0.503. The number of nitrogens with zero attached hydrogens (tertiary/aromatic N) is 4. The Morgan fingerprint density at radius 2 is 2.15 bits per heavy atom. The number of aromatic amines is 1. The number of rotatable bonds is 5. The van der Waals surface area contributed by atoms with E-state index in [9.17, 15) is 5.11 Å². The topological polar surface area (TPSA) is 79.2 Å². The molecule has 0 saturated carbocycles. The zero-order valence-electron chi connectivity index (χ0n) is 14.5. The van der Waals surface area contributed by atoms with E-state index in [0.717, 1.165) is 22.5 Å². The van der Waals surface area contributed by atoms with Gasteiger partial charge in [-0.2, -0.15) is 0 Å². The SMILES string of the molecule is COc1cccc(O)c1N(C)Cc1nc2cc(-n3ccnc3)ccc2[nH]1. The molecular weight excluding hydrogens is 330 g/mol. The maximum Gasteiger partial charge on any atom is 0.145 e. The highest BCUT2D eigenvalue weighted by molar-refractivity contribution is 5.77. The normalized spacial score (nSPS) is 11.0. The van der Waals surface area contributed by atoms with Crippen molar-refractivity contribution in [3.8, 4) is 17.2 Å². The van der Waals surface area contributed by atoms with Crippen LogP contribution in [0.5, 0.6) is 11.5 Å². The number of hydrogen-bond acceptors (Lipinski definition) is 5. The smallest absolute Gasteiger partial charge is 0.145 e. The Morgan fingerprint density at radius 1 is 1.27 bits per heavy atom. The lowest BCUT2D eigenvalue weighted by Gasteiger charge is -2.21. The number of methoxy groups -OCH3 is 1. The number of para-hydroxylation sites is 1. The second-order valence-electron chi connectivity index (χ2n) is 6.04. The molecule has 2 N–H and O–H groups in total. The summed E-state index contributed by atoms with van der Waals surface area (Å²) in [5.41, 5.74) is 3.48. The fraction of sp³-hybridized carbons (Fsp3) is 0.158. The van der Waals surface area contributed by atoms with Crippen LogP contribution >= 0.6 is 0 Å². The maximum atomic E-state index is 10.2. The summed E-state index contributed by atoms with van der Waals surface area (Å²) in [5.74, 6) is 1.59. The minimum atomic E-state index is 0.172. The first-order valence-corrected chi connectivity index (χ1v) is 8.20. The molecule has 0 atom stereocenters. The zero-order chi connectivity index (χ0) is 18.1. The summed E-state index contributed by atoms with van der Waals surface area (Å²) in [6, 6.07) is 11.2. The molecule has 0 bridgehead atoms. The molecule has 0 amide bonds. The third kappa shape index (κ3) is 2.83. The van der Waals surface area contributed by atoms with Crippen LogP contribution in [0.15, 0.2) is 55.1 Å². The molecular formula is C19H19N5O2. The van der Waals surface area contributed by atoms with Crippen LogP contribution in [0.1, 0.15) is 5.82 Å². The van der Waals surface area contributed by atoms with Crippen LogP contribution in [-0.2, 0) is 6.54 Å². The van der Waals surface area contributed by atoms with Crippen LogP contribution in [0.25, 0.3) is 16.7 Å². The second-order valence-corrected chi connectivity index (χ2v) is 6.04. The molecule has 4 rings (SSSR count). The summed E-state index contributed by atoms with van der Waals surface area (Å²) < 4.78 is 7.30. The van der Waals surface area contributed by atoms with Gasteiger partial charge in [-0.05, 0) is 30.3 Å². The van der Waals surface area contributed by atoms with Crippen molar-refractivity contribution in [2.24, 2.45) is 0 Å². The molecule has 0 unspecified atom stereocenters.